The smallest absolute Gasteiger partial charge is 0.254 e. The summed E-state index contributed by atoms with van der Waals surface area (Å²) in [7, 11) is 0. The van der Waals surface area contributed by atoms with E-state index in [-0.39, 0.29) is 11.9 Å². The zero-order valence-corrected chi connectivity index (χ0v) is 8.86. The molecule has 0 radical (unpaired) electrons. The Kier molecular flexibility index (Phi) is 3.01. The van der Waals surface area contributed by atoms with E-state index in [9.17, 15) is 4.79 Å². The first-order chi connectivity index (χ1) is 7.29. The molecule has 1 unspecified atom stereocenters. The van der Waals surface area contributed by atoms with Crippen LogP contribution < -0.4 is 10.6 Å². The third kappa shape index (κ3) is 2.36. The van der Waals surface area contributed by atoms with Crippen molar-refractivity contribution in [1.82, 2.24) is 20.4 Å². The predicted molar refractivity (Wildman–Crippen MR) is 56.6 cm³/mol. The van der Waals surface area contributed by atoms with Crippen LogP contribution in [0.3, 0.4) is 0 Å². The van der Waals surface area contributed by atoms with Crippen molar-refractivity contribution in [3.05, 3.63) is 18.0 Å². The molecule has 0 bridgehead atoms. The fourth-order valence-corrected chi connectivity index (χ4v) is 1.70. The third-order valence-corrected chi connectivity index (χ3v) is 2.61. The lowest BCUT2D eigenvalue weighted by Gasteiger charge is -2.09. The quantitative estimate of drug-likeness (QED) is 0.734. The van der Waals surface area contributed by atoms with Crippen LogP contribution in [0.5, 0.6) is 0 Å². The van der Waals surface area contributed by atoms with E-state index in [1.807, 2.05) is 6.92 Å². The van der Waals surface area contributed by atoms with Crippen LogP contribution in [0.1, 0.15) is 23.7 Å². The summed E-state index contributed by atoms with van der Waals surface area (Å²) in [6, 6.07) is 0.266. The van der Waals surface area contributed by atoms with Gasteiger partial charge in [0.05, 0.1) is 11.8 Å². The van der Waals surface area contributed by atoms with E-state index >= 15 is 0 Å². The van der Waals surface area contributed by atoms with Gasteiger partial charge in [0.15, 0.2) is 0 Å². The molecule has 82 valence electrons. The first-order valence-corrected chi connectivity index (χ1v) is 5.33. The second-order valence-electron chi connectivity index (χ2n) is 3.75. The molecule has 0 saturated carbocycles. The highest BCUT2D eigenvalue weighted by Gasteiger charge is 2.18. The van der Waals surface area contributed by atoms with E-state index < -0.39 is 0 Å². The van der Waals surface area contributed by atoms with Crippen LogP contribution in [0.25, 0.3) is 0 Å². The Morgan fingerprint density at radius 1 is 1.80 bits per heavy atom. The third-order valence-electron chi connectivity index (χ3n) is 2.61. The molecule has 5 nitrogen and oxygen atoms in total. The number of carbonyl (C=O) groups excluding carboxylic acids is 1. The highest BCUT2D eigenvalue weighted by molar-refractivity contribution is 5.93. The highest BCUT2D eigenvalue weighted by atomic mass is 16.1. The summed E-state index contributed by atoms with van der Waals surface area (Å²) in [6.45, 7) is 4.64. The molecule has 1 aliphatic rings. The van der Waals surface area contributed by atoms with E-state index in [0.717, 1.165) is 26.1 Å². The molecule has 0 aromatic carbocycles. The van der Waals surface area contributed by atoms with E-state index in [4.69, 9.17) is 0 Å². The largest absolute Gasteiger partial charge is 0.348 e. The zero-order valence-electron chi connectivity index (χ0n) is 8.86. The van der Waals surface area contributed by atoms with Gasteiger partial charge >= 0.3 is 0 Å². The zero-order chi connectivity index (χ0) is 10.7. The van der Waals surface area contributed by atoms with Gasteiger partial charge in [0.2, 0.25) is 0 Å². The summed E-state index contributed by atoms with van der Waals surface area (Å²) in [5.41, 5.74) is 0.642. The number of nitrogens with one attached hydrogen (secondary N) is 2. The lowest BCUT2D eigenvalue weighted by molar-refractivity contribution is 0.0940. The minimum absolute atomic E-state index is 0.0246. The van der Waals surface area contributed by atoms with Gasteiger partial charge in [-0.15, -0.1) is 0 Å². The maximum atomic E-state index is 11.7. The highest BCUT2D eigenvalue weighted by Crippen LogP contribution is 2.02. The summed E-state index contributed by atoms with van der Waals surface area (Å²) in [5.74, 6) is -0.0246. The number of rotatable bonds is 3. The van der Waals surface area contributed by atoms with Crippen LogP contribution in [0, 0.1) is 0 Å². The van der Waals surface area contributed by atoms with Gasteiger partial charge in [-0.2, -0.15) is 5.10 Å². The maximum absolute atomic E-state index is 11.7. The molecule has 0 spiro atoms. The van der Waals surface area contributed by atoms with E-state index in [2.05, 4.69) is 15.7 Å². The molecule has 1 saturated heterocycles. The number of aromatic nitrogens is 2. The summed E-state index contributed by atoms with van der Waals surface area (Å²) in [6.07, 6.45) is 4.40. The fraction of sp³-hybridized carbons (Fsp3) is 0.600. The Bertz CT molecular complexity index is 341. The molecule has 2 heterocycles. The number of amides is 1. The Morgan fingerprint density at radius 2 is 2.67 bits per heavy atom. The van der Waals surface area contributed by atoms with Crippen LogP contribution in [0.2, 0.25) is 0 Å². The van der Waals surface area contributed by atoms with Gasteiger partial charge in [0.1, 0.15) is 0 Å². The SMILES string of the molecule is CCn1cc(C(=O)NC2CCNC2)cn1. The summed E-state index contributed by atoms with van der Waals surface area (Å²) in [5, 5.41) is 10.3. The van der Waals surface area contributed by atoms with Crippen molar-refractivity contribution in [2.45, 2.75) is 25.9 Å². The maximum Gasteiger partial charge on any atom is 0.254 e. The molecular weight excluding hydrogens is 192 g/mol. The first kappa shape index (κ1) is 10.2. The van der Waals surface area contributed by atoms with Gasteiger partial charge in [-0.3, -0.25) is 9.48 Å². The lowest BCUT2D eigenvalue weighted by atomic mass is 10.2. The topological polar surface area (TPSA) is 59.0 Å². The van der Waals surface area contributed by atoms with Crippen molar-refractivity contribution in [3.8, 4) is 0 Å². The lowest BCUT2D eigenvalue weighted by Crippen LogP contribution is -2.36. The molecule has 2 rings (SSSR count). The Hall–Kier alpha value is -1.36. The fourth-order valence-electron chi connectivity index (χ4n) is 1.70. The minimum Gasteiger partial charge on any atom is -0.348 e. The average molecular weight is 208 g/mol. The molecule has 1 amide bonds. The van der Waals surface area contributed by atoms with Gasteiger partial charge in [-0.05, 0) is 19.9 Å². The van der Waals surface area contributed by atoms with Crippen molar-refractivity contribution < 1.29 is 4.79 Å². The summed E-state index contributed by atoms with van der Waals surface area (Å²) < 4.78 is 1.75. The second-order valence-corrected chi connectivity index (χ2v) is 3.75. The molecule has 1 aromatic rings. The van der Waals surface area contributed by atoms with Crippen LogP contribution in [-0.4, -0.2) is 34.8 Å². The van der Waals surface area contributed by atoms with Gasteiger partial charge in [-0.1, -0.05) is 0 Å². The predicted octanol–water partition coefficient (Wildman–Crippen LogP) is -0.00530. The van der Waals surface area contributed by atoms with Crippen LogP contribution in [-0.2, 0) is 6.54 Å². The average Bonchev–Trinajstić information content (AvgIpc) is 2.86. The number of carbonyl (C=O) groups is 1. The molecule has 1 aromatic heterocycles. The Balaban J connectivity index is 1.94. The monoisotopic (exact) mass is 208 g/mol. The molecule has 1 fully saturated rings. The van der Waals surface area contributed by atoms with Gasteiger partial charge in [0, 0.05) is 25.3 Å². The Morgan fingerprint density at radius 3 is 3.27 bits per heavy atom. The number of hydrogen-bond donors (Lipinski definition) is 2. The number of hydrogen-bond acceptors (Lipinski definition) is 3. The standard InChI is InChI=1S/C10H16N4O/c1-2-14-7-8(5-12-14)10(15)13-9-3-4-11-6-9/h5,7,9,11H,2-4,6H2,1H3,(H,13,15). The van der Waals surface area contributed by atoms with Crippen molar-refractivity contribution in [2.75, 3.05) is 13.1 Å². The van der Waals surface area contributed by atoms with Crippen LogP contribution >= 0.6 is 0 Å². The van der Waals surface area contributed by atoms with Crippen LogP contribution in [0.4, 0.5) is 0 Å². The molecule has 5 heteroatoms. The molecule has 2 N–H and O–H groups in total. The molecule has 1 aliphatic heterocycles. The van der Waals surface area contributed by atoms with Crippen molar-refractivity contribution in [2.24, 2.45) is 0 Å². The van der Waals surface area contributed by atoms with Crippen molar-refractivity contribution in [3.63, 3.8) is 0 Å². The molecule has 0 aliphatic carbocycles. The van der Waals surface area contributed by atoms with Gasteiger partial charge in [0.25, 0.3) is 5.91 Å². The van der Waals surface area contributed by atoms with Crippen molar-refractivity contribution in [1.29, 1.82) is 0 Å². The molecule has 1 atom stereocenters. The van der Waals surface area contributed by atoms with Crippen LogP contribution in [0.15, 0.2) is 12.4 Å². The van der Waals surface area contributed by atoms with E-state index in [0.29, 0.717) is 5.56 Å². The molecule has 15 heavy (non-hydrogen) atoms. The van der Waals surface area contributed by atoms with E-state index in [1.54, 1.807) is 17.1 Å². The number of nitrogens with zero attached hydrogens (tertiary/aromatic N) is 2. The van der Waals surface area contributed by atoms with E-state index in [1.165, 1.54) is 0 Å². The van der Waals surface area contributed by atoms with Gasteiger partial charge < -0.3 is 10.6 Å². The summed E-state index contributed by atoms with van der Waals surface area (Å²) >= 11 is 0. The van der Waals surface area contributed by atoms with Gasteiger partial charge in [-0.25, -0.2) is 0 Å². The Labute approximate surface area is 88.8 Å². The van der Waals surface area contributed by atoms with Crippen molar-refractivity contribution >= 4 is 5.91 Å². The second kappa shape index (κ2) is 4.44. The normalized spacial score (nSPS) is 20.5. The minimum atomic E-state index is -0.0246. The first-order valence-electron chi connectivity index (χ1n) is 5.33. The molecular formula is C10H16N4O. The number of aryl methyl sites for hydroxylation is 1. The summed E-state index contributed by atoms with van der Waals surface area (Å²) in [4.78, 5) is 11.7.